The molecule has 2 heterocycles. The zero-order chi connectivity index (χ0) is 27.9. The number of nitrogens with zero attached hydrogens (tertiary/aromatic N) is 3. The number of H-pyrrole nitrogens is 1. The molecule has 0 unspecified atom stereocenters. The van der Waals surface area contributed by atoms with Crippen LogP contribution in [-0.4, -0.2) is 52.5 Å². The van der Waals surface area contributed by atoms with E-state index < -0.39 is 33.4 Å². The van der Waals surface area contributed by atoms with E-state index in [1.54, 1.807) is 11.6 Å². The molecule has 1 aromatic carbocycles. The normalized spacial score (nSPS) is 15.3. The lowest BCUT2D eigenvalue weighted by Crippen LogP contribution is -2.44. The van der Waals surface area contributed by atoms with Crippen molar-refractivity contribution in [1.82, 2.24) is 19.6 Å². The molecule has 0 saturated heterocycles. The Balaban J connectivity index is 1.78. The van der Waals surface area contributed by atoms with Gasteiger partial charge in [0, 0.05) is 11.6 Å². The SMILES string of the molecule is CCCOc1ccc(NS(=O)(=O)CC(F)(F)C(F)(F)F)cc1-c1nn2c(C3CCCC3)nc(C)c2c(=O)[nH]1. The highest BCUT2D eigenvalue weighted by Crippen LogP contribution is 2.38. The molecule has 2 aromatic heterocycles. The summed E-state index contributed by atoms with van der Waals surface area (Å²) in [4.78, 5) is 20.2. The molecular formula is C23H26F5N5O4S. The molecule has 0 spiro atoms. The lowest BCUT2D eigenvalue weighted by Gasteiger charge is -2.20. The summed E-state index contributed by atoms with van der Waals surface area (Å²) >= 11 is 0. The number of nitrogens with one attached hydrogen (secondary N) is 2. The van der Waals surface area contributed by atoms with E-state index in [2.05, 4.69) is 15.1 Å². The third-order valence-electron chi connectivity index (χ3n) is 6.18. The Morgan fingerprint density at radius 3 is 2.50 bits per heavy atom. The molecule has 0 amide bonds. The maximum atomic E-state index is 13.4. The molecule has 4 rings (SSSR count). The fourth-order valence-corrected chi connectivity index (χ4v) is 5.61. The molecule has 1 aliphatic carbocycles. The predicted octanol–water partition coefficient (Wildman–Crippen LogP) is 4.78. The van der Waals surface area contributed by atoms with Gasteiger partial charge in [-0.05, 0) is 44.4 Å². The largest absolute Gasteiger partial charge is 0.493 e. The second-order valence-electron chi connectivity index (χ2n) is 9.22. The highest BCUT2D eigenvalue weighted by molar-refractivity contribution is 7.92. The monoisotopic (exact) mass is 563 g/mol. The van der Waals surface area contributed by atoms with Crippen molar-refractivity contribution in [3.63, 3.8) is 0 Å². The quantitative estimate of drug-likeness (QED) is 0.362. The molecule has 9 nitrogen and oxygen atoms in total. The number of rotatable bonds is 9. The molecule has 0 aliphatic heterocycles. The summed E-state index contributed by atoms with van der Waals surface area (Å²) in [6, 6.07) is 3.61. The summed E-state index contributed by atoms with van der Waals surface area (Å²) in [5.41, 5.74) is 0.00696. The number of hydrogen-bond donors (Lipinski definition) is 2. The van der Waals surface area contributed by atoms with Crippen molar-refractivity contribution in [2.24, 2.45) is 0 Å². The maximum Gasteiger partial charge on any atom is 0.454 e. The average molecular weight is 564 g/mol. The van der Waals surface area contributed by atoms with Gasteiger partial charge >= 0.3 is 12.1 Å². The molecule has 1 aliphatic rings. The summed E-state index contributed by atoms with van der Waals surface area (Å²) in [6.07, 6.45) is -1.64. The smallest absolute Gasteiger partial charge is 0.454 e. The van der Waals surface area contributed by atoms with Crippen molar-refractivity contribution in [1.29, 1.82) is 0 Å². The fourth-order valence-electron chi connectivity index (χ4n) is 4.42. The van der Waals surface area contributed by atoms with Gasteiger partial charge in [0.25, 0.3) is 5.56 Å². The van der Waals surface area contributed by atoms with E-state index in [1.807, 2.05) is 6.92 Å². The van der Waals surface area contributed by atoms with Crippen LogP contribution in [0.2, 0.25) is 0 Å². The van der Waals surface area contributed by atoms with Crippen LogP contribution in [0.3, 0.4) is 0 Å². The fraction of sp³-hybridized carbons (Fsp3) is 0.522. The summed E-state index contributed by atoms with van der Waals surface area (Å²) in [5.74, 6) is -7.07. The van der Waals surface area contributed by atoms with Crippen LogP contribution in [0, 0.1) is 6.92 Å². The summed E-state index contributed by atoms with van der Waals surface area (Å²) in [7, 11) is -5.13. The molecule has 1 saturated carbocycles. The minimum Gasteiger partial charge on any atom is -0.493 e. The minimum atomic E-state index is -6.04. The summed E-state index contributed by atoms with van der Waals surface area (Å²) in [6.45, 7) is 3.78. The number of halogens is 5. The lowest BCUT2D eigenvalue weighted by atomic mass is 10.1. The maximum absolute atomic E-state index is 13.4. The molecule has 0 bridgehead atoms. The number of sulfonamides is 1. The Kier molecular flexibility index (Phi) is 7.43. The molecule has 0 radical (unpaired) electrons. The number of aromatic amines is 1. The van der Waals surface area contributed by atoms with Crippen molar-refractivity contribution in [2.45, 2.75) is 64.0 Å². The molecule has 208 valence electrons. The van der Waals surface area contributed by atoms with Gasteiger partial charge in [-0.3, -0.25) is 9.52 Å². The van der Waals surface area contributed by atoms with Gasteiger partial charge in [-0.15, -0.1) is 5.10 Å². The first-order valence-corrected chi connectivity index (χ1v) is 13.6. The number of alkyl halides is 5. The molecular weight excluding hydrogens is 537 g/mol. The number of benzene rings is 1. The van der Waals surface area contributed by atoms with E-state index in [0.717, 1.165) is 37.8 Å². The van der Waals surface area contributed by atoms with Gasteiger partial charge in [0.15, 0.2) is 11.3 Å². The van der Waals surface area contributed by atoms with Gasteiger partial charge in [0.1, 0.15) is 17.3 Å². The van der Waals surface area contributed by atoms with Crippen LogP contribution in [0.1, 0.15) is 56.5 Å². The Hall–Kier alpha value is -3.23. The van der Waals surface area contributed by atoms with Crippen molar-refractivity contribution >= 4 is 21.2 Å². The van der Waals surface area contributed by atoms with Crippen molar-refractivity contribution in [2.75, 3.05) is 17.1 Å². The van der Waals surface area contributed by atoms with Crippen LogP contribution in [0.4, 0.5) is 27.6 Å². The van der Waals surface area contributed by atoms with E-state index in [9.17, 15) is 35.2 Å². The summed E-state index contributed by atoms with van der Waals surface area (Å²) in [5, 5.41) is 4.54. The number of aromatic nitrogens is 4. The number of anilines is 1. The highest BCUT2D eigenvalue weighted by Gasteiger charge is 2.59. The Bertz CT molecular complexity index is 1490. The van der Waals surface area contributed by atoms with Crippen LogP contribution in [0.25, 0.3) is 16.9 Å². The van der Waals surface area contributed by atoms with Crippen LogP contribution < -0.4 is 15.0 Å². The molecule has 1 fully saturated rings. The van der Waals surface area contributed by atoms with Gasteiger partial charge in [-0.1, -0.05) is 19.8 Å². The Morgan fingerprint density at radius 2 is 1.87 bits per heavy atom. The number of hydrogen-bond acceptors (Lipinski definition) is 6. The van der Waals surface area contributed by atoms with Crippen molar-refractivity contribution < 1.29 is 35.1 Å². The minimum absolute atomic E-state index is 0.0214. The lowest BCUT2D eigenvalue weighted by molar-refractivity contribution is -0.271. The summed E-state index contributed by atoms with van der Waals surface area (Å²) < 4.78 is 97.8. The van der Waals surface area contributed by atoms with Crippen LogP contribution in [-0.2, 0) is 10.0 Å². The first kappa shape index (κ1) is 27.8. The zero-order valence-electron chi connectivity index (χ0n) is 20.5. The second kappa shape index (κ2) is 10.2. The third kappa shape index (κ3) is 5.61. The van der Waals surface area contributed by atoms with E-state index in [4.69, 9.17) is 4.74 Å². The molecule has 15 heteroatoms. The average Bonchev–Trinajstić information content (AvgIpc) is 3.44. The van der Waals surface area contributed by atoms with Gasteiger partial charge in [-0.2, -0.15) is 22.0 Å². The van der Waals surface area contributed by atoms with Gasteiger partial charge in [-0.25, -0.2) is 17.9 Å². The standard InChI is InChI=1S/C23H26F5N5O4S/c1-3-10-37-17-9-8-15(32-38(35,36)12-22(24,25)23(26,27)28)11-16(17)19-30-21(34)18-13(2)29-20(33(18)31-19)14-6-4-5-7-14/h8-9,11,14,32H,3-7,10,12H2,1-2H3,(H,30,31,34). The van der Waals surface area contributed by atoms with Gasteiger partial charge < -0.3 is 9.72 Å². The van der Waals surface area contributed by atoms with Gasteiger partial charge in [0.05, 0.1) is 17.9 Å². The van der Waals surface area contributed by atoms with E-state index >= 15 is 0 Å². The number of fused-ring (bicyclic) bond motifs is 1. The van der Waals surface area contributed by atoms with Crippen LogP contribution in [0.15, 0.2) is 23.0 Å². The predicted molar refractivity (Wildman–Crippen MR) is 129 cm³/mol. The van der Waals surface area contributed by atoms with Crippen LogP contribution >= 0.6 is 0 Å². The molecule has 3 aromatic rings. The van der Waals surface area contributed by atoms with E-state index in [0.29, 0.717) is 17.9 Å². The Morgan fingerprint density at radius 1 is 1.18 bits per heavy atom. The van der Waals surface area contributed by atoms with E-state index in [1.165, 1.54) is 10.6 Å². The van der Waals surface area contributed by atoms with Gasteiger partial charge in [0.2, 0.25) is 10.0 Å². The number of imidazole rings is 1. The topological polar surface area (TPSA) is 118 Å². The van der Waals surface area contributed by atoms with Crippen molar-refractivity contribution in [3.05, 3.63) is 40.1 Å². The van der Waals surface area contributed by atoms with Crippen LogP contribution in [0.5, 0.6) is 5.75 Å². The first-order chi connectivity index (χ1) is 17.7. The number of ether oxygens (including phenoxy) is 1. The molecule has 2 N–H and O–H groups in total. The molecule has 0 atom stereocenters. The van der Waals surface area contributed by atoms with E-state index in [-0.39, 0.29) is 40.9 Å². The first-order valence-electron chi connectivity index (χ1n) is 11.9. The Labute approximate surface area is 214 Å². The highest BCUT2D eigenvalue weighted by atomic mass is 32.2. The second-order valence-corrected chi connectivity index (χ2v) is 10.9. The zero-order valence-corrected chi connectivity index (χ0v) is 21.3. The number of aryl methyl sites for hydroxylation is 1. The van der Waals surface area contributed by atoms with Crippen molar-refractivity contribution in [3.8, 4) is 17.1 Å². The third-order valence-corrected chi connectivity index (χ3v) is 7.47. The molecule has 38 heavy (non-hydrogen) atoms.